The van der Waals surface area contributed by atoms with Crippen LogP contribution >= 0.6 is 0 Å². The highest BCUT2D eigenvalue weighted by atomic mass is 16.2. The van der Waals surface area contributed by atoms with Gasteiger partial charge in [0.2, 0.25) is 5.91 Å². The molecule has 8 nitrogen and oxygen atoms in total. The van der Waals surface area contributed by atoms with Crippen LogP contribution in [0.5, 0.6) is 0 Å². The zero-order chi connectivity index (χ0) is 19.8. The molecule has 1 saturated carbocycles. The summed E-state index contributed by atoms with van der Waals surface area (Å²) in [6, 6.07) is 3.47. The molecule has 3 heterocycles. The highest BCUT2D eigenvalue weighted by Gasteiger charge is 2.45. The Balaban J connectivity index is 1.14. The van der Waals surface area contributed by atoms with Crippen LogP contribution in [0, 0.1) is 5.41 Å². The molecule has 0 aromatic carbocycles. The van der Waals surface area contributed by atoms with Gasteiger partial charge in [-0.3, -0.25) is 9.59 Å². The van der Waals surface area contributed by atoms with E-state index >= 15 is 0 Å². The minimum absolute atomic E-state index is 0.0146. The van der Waals surface area contributed by atoms with Gasteiger partial charge in [0.1, 0.15) is 0 Å². The molecule has 150 valence electrons. The molecule has 8 heteroatoms. The van der Waals surface area contributed by atoms with Gasteiger partial charge in [-0.05, 0) is 49.3 Å². The molecule has 29 heavy (non-hydrogen) atoms. The quantitative estimate of drug-likeness (QED) is 0.808. The molecule has 2 N–H and O–H groups in total. The zero-order valence-electron chi connectivity index (χ0n) is 16.2. The second kappa shape index (κ2) is 7.11. The largest absolute Gasteiger partial charge is 0.343 e. The molecule has 1 aromatic rings. The van der Waals surface area contributed by atoms with Crippen molar-refractivity contribution in [2.45, 2.75) is 31.7 Å². The summed E-state index contributed by atoms with van der Waals surface area (Å²) in [6.45, 7) is 1.64. The first-order valence-corrected chi connectivity index (χ1v) is 10.1. The van der Waals surface area contributed by atoms with Crippen LogP contribution in [0.4, 0.5) is 5.82 Å². The van der Waals surface area contributed by atoms with Gasteiger partial charge in [0, 0.05) is 19.3 Å². The number of piperidine rings is 1. The maximum absolute atomic E-state index is 12.4. The van der Waals surface area contributed by atoms with E-state index in [2.05, 4.69) is 20.8 Å². The summed E-state index contributed by atoms with van der Waals surface area (Å²) in [4.78, 5) is 31.0. The Morgan fingerprint density at radius 3 is 2.69 bits per heavy atom. The molecule has 0 radical (unpaired) electrons. The van der Waals surface area contributed by atoms with Crippen molar-refractivity contribution in [1.29, 1.82) is 0 Å². The molecule has 1 aromatic heterocycles. The number of carbonyl (C=O) groups excluding carboxylic acids is 2. The molecule has 1 atom stereocenters. The monoisotopic (exact) mass is 392 g/mol. The molecule has 5 rings (SSSR count). The molecular weight excluding hydrogens is 368 g/mol. The van der Waals surface area contributed by atoms with E-state index in [9.17, 15) is 9.59 Å². The molecule has 2 fully saturated rings. The van der Waals surface area contributed by atoms with Crippen LogP contribution in [0.1, 0.15) is 36.0 Å². The Labute approximate surface area is 169 Å². The third-order valence-electron chi connectivity index (χ3n) is 6.24. The lowest BCUT2D eigenvalue weighted by Crippen LogP contribution is -2.44. The molecule has 1 spiro atoms. The maximum Gasteiger partial charge on any atom is 0.253 e. The van der Waals surface area contributed by atoms with Crippen LogP contribution in [-0.2, 0) is 4.79 Å². The number of nitrogens with zero attached hydrogens (tertiary/aromatic N) is 4. The number of amides is 2. The highest BCUT2D eigenvalue weighted by molar-refractivity contribution is 6.03. The summed E-state index contributed by atoms with van der Waals surface area (Å²) in [5, 5.41) is 8.79. The van der Waals surface area contributed by atoms with Crippen LogP contribution < -0.4 is 15.9 Å². The average Bonchev–Trinajstić information content (AvgIpc) is 3.36. The van der Waals surface area contributed by atoms with E-state index in [1.807, 2.05) is 29.2 Å². The Morgan fingerprint density at radius 1 is 1.17 bits per heavy atom. The van der Waals surface area contributed by atoms with E-state index in [0.29, 0.717) is 16.8 Å². The minimum Gasteiger partial charge on any atom is -0.343 e. The molecule has 4 aliphatic rings. The Bertz CT molecular complexity index is 906. The van der Waals surface area contributed by atoms with Gasteiger partial charge in [0.15, 0.2) is 5.82 Å². The number of allylic oxidation sites excluding steroid dienone is 2. The fraction of sp³-hybridized carbons (Fsp3) is 0.429. The van der Waals surface area contributed by atoms with Crippen molar-refractivity contribution in [2.24, 2.45) is 10.5 Å². The second-order valence-corrected chi connectivity index (χ2v) is 8.16. The number of nitrogens with one attached hydrogen (secondary N) is 2. The highest BCUT2D eigenvalue weighted by Crippen LogP contribution is 2.53. The predicted molar refractivity (Wildman–Crippen MR) is 109 cm³/mol. The number of carbonyl (C=O) groups is 2. The molecule has 1 saturated heterocycles. The molecular formula is C21H24N6O2. The first-order valence-electron chi connectivity index (χ1n) is 10.1. The van der Waals surface area contributed by atoms with Crippen LogP contribution in [0.15, 0.2) is 47.7 Å². The second-order valence-electron chi connectivity index (χ2n) is 8.16. The van der Waals surface area contributed by atoms with Crippen molar-refractivity contribution in [2.75, 3.05) is 24.8 Å². The first kappa shape index (κ1) is 18.1. The third kappa shape index (κ3) is 3.67. The standard InChI is InChI=1S/C21H24N6O2/c28-19(26-11-9-21(7-8-21)10-12-26)14-23-20(29)15-5-6-18(22-13-15)27-24-16-3-1-2-4-17(16)25-27/h1-6,13,16,24H,7-12,14H2,(H,23,29). The fourth-order valence-electron chi connectivity index (χ4n) is 4.05. The van der Waals surface area contributed by atoms with Gasteiger partial charge >= 0.3 is 0 Å². The number of fused-ring (bicyclic) bond motifs is 1. The van der Waals surface area contributed by atoms with E-state index < -0.39 is 0 Å². The lowest BCUT2D eigenvalue weighted by molar-refractivity contribution is -0.131. The summed E-state index contributed by atoms with van der Waals surface area (Å²) in [7, 11) is 0. The lowest BCUT2D eigenvalue weighted by atomic mass is 9.94. The van der Waals surface area contributed by atoms with Crippen molar-refractivity contribution in [3.05, 3.63) is 48.2 Å². The Morgan fingerprint density at radius 2 is 2.00 bits per heavy atom. The van der Waals surface area contributed by atoms with Gasteiger partial charge in [0.25, 0.3) is 5.91 Å². The van der Waals surface area contributed by atoms with Gasteiger partial charge in [-0.1, -0.05) is 18.2 Å². The third-order valence-corrected chi connectivity index (χ3v) is 6.24. The number of anilines is 1. The van der Waals surface area contributed by atoms with E-state index in [1.54, 1.807) is 17.3 Å². The normalized spacial score (nSPS) is 23.7. The van der Waals surface area contributed by atoms with Gasteiger partial charge in [-0.25, -0.2) is 4.98 Å². The lowest BCUT2D eigenvalue weighted by Gasteiger charge is -2.32. The van der Waals surface area contributed by atoms with Crippen LogP contribution in [0.2, 0.25) is 0 Å². The van der Waals surface area contributed by atoms with Crippen molar-refractivity contribution in [3.63, 3.8) is 0 Å². The predicted octanol–water partition coefficient (Wildman–Crippen LogP) is 1.39. The van der Waals surface area contributed by atoms with E-state index in [0.717, 1.165) is 31.6 Å². The maximum atomic E-state index is 12.4. The van der Waals surface area contributed by atoms with Crippen LogP contribution in [0.25, 0.3) is 0 Å². The molecule has 2 aliphatic carbocycles. The SMILES string of the molecule is O=C(NCC(=O)N1CCC2(CC1)CC2)c1ccc(N2N=C3C=CC=CC3N2)nc1. The molecule has 1 unspecified atom stereocenters. The number of hydrazone groups is 1. The summed E-state index contributed by atoms with van der Waals surface area (Å²) in [5.41, 5.74) is 5.09. The number of aromatic nitrogens is 1. The van der Waals surface area contributed by atoms with Crippen molar-refractivity contribution < 1.29 is 9.59 Å². The van der Waals surface area contributed by atoms with E-state index in [4.69, 9.17) is 0 Å². The summed E-state index contributed by atoms with van der Waals surface area (Å²) in [6.07, 6.45) is 14.2. The minimum atomic E-state index is -0.298. The Kier molecular flexibility index (Phi) is 4.43. The number of likely N-dealkylation sites (tertiary alicyclic amines) is 1. The van der Waals surface area contributed by atoms with E-state index in [1.165, 1.54) is 19.0 Å². The van der Waals surface area contributed by atoms with E-state index in [-0.39, 0.29) is 24.4 Å². The summed E-state index contributed by atoms with van der Waals surface area (Å²) < 4.78 is 0. The van der Waals surface area contributed by atoms with Gasteiger partial charge in [0.05, 0.1) is 23.9 Å². The number of pyridine rings is 1. The molecule has 2 aliphatic heterocycles. The fourth-order valence-corrected chi connectivity index (χ4v) is 4.05. The van der Waals surface area contributed by atoms with Crippen LogP contribution in [-0.4, -0.2) is 53.1 Å². The van der Waals surface area contributed by atoms with Crippen molar-refractivity contribution >= 4 is 23.3 Å². The van der Waals surface area contributed by atoms with Crippen LogP contribution in [0.3, 0.4) is 0 Å². The number of rotatable bonds is 4. The number of hydrogen-bond acceptors (Lipinski definition) is 6. The molecule has 2 amide bonds. The van der Waals surface area contributed by atoms with Crippen molar-refractivity contribution in [1.82, 2.24) is 20.6 Å². The van der Waals surface area contributed by atoms with Gasteiger partial charge in [-0.15, -0.1) is 0 Å². The van der Waals surface area contributed by atoms with Gasteiger partial charge < -0.3 is 10.2 Å². The summed E-state index contributed by atoms with van der Waals surface area (Å²) in [5.74, 6) is 0.288. The first-order chi connectivity index (χ1) is 14.1. The van der Waals surface area contributed by atoms with Gasteiger partial charge in [-0.2, -0.15) is 15.6 Å². The smallest absolute Gasteiger partial charge is 0.253 e. The number of hydrazine groups is 1. The zero-order valence-corrected chi connectivity index (χ0v) is 16.2. The van der Waals surface area contributed by atoms with Crippen molar-refractivity contribution in [3.8, 4) is 0 Å². The summed E-state index contributed by atoms with van der Waals surface area (Å²) >= 11 is 0. The number of hydrogen-bond donors (Lipinski definition) is 2. The Hall–Kier alpha value is -3.00. The topological polar surface area (TPSA) is 89.9 Å². The molecule has 0 bridgehead atoms. The average molecular weight is 392 g/mol.